The number of nitrogens with one attached hydrogen (secondary N) is 2. The van der Waals surface area contributed by atoms with Crippen LogP contribution in [0.3, 0.4) is 0 Å². The predicted octanol–water partition coefficient (Wildman–Crippen LogP) is 2.52. The number of carbonyl (C=O) groups excluding carboxylic acids is 1. The van der Waals surface area contributed by atoms with Crippen LogP contribution in [0.25, 0.3) is 11.6 Å². The van der Waals surface area contributed by atoms with Gasteiger partial charge < -0.3 is 19.5 Å². The van der Waals surface area contributed by atoms with E-state index in [0.29, 0.717) is 11.9 Å². The summed E-state index contributed by atoms with van der Waals surface area (Å²) >= 11 is 0. The molecule has 7 nitrogen and oxygen atoms in total. The van der Waals surface area contributed by atoms with Crippen molar-refractivity contribution in [3.05, 3.63) is 48.2 Å². The SMILES string of the molecule is COC(=O)Cc1ccc(Nc2nnc(-c3ccc[nH]3)o2)cc1. The Kier molecular flexibility index (Phi) is 3.86. The van der Waals surface area contributed by atoms with Crippen molar-refractivity contribution in [2.24, 2.45) is 0 Å². The van der Waals surface area contributed by atoms with Crippen molar-refractivity contribution in [1.82, 2.24) is 15.2 Å². The number of benzene rings is 1. The number of ether oxygens (including phenoxy) is 1. The number of carbonyl (C=O) groups is 1. The van der Waals surface area contributed by atoms with E-state index < -0.39 is 0 Å². The number of hydrogen-bond donors (Lipinski definition) is 2. The van der Waals surface area contributed by atoms with E-state index in [2.05, 4.69) is 25.2 Å². The molecule has 0 aliphatic carbocycles. The Balaban J connectivity index is 1.67. The van der Waals surface area contributed by atoms with E-state index in [9.17, 15) is 4.79 Å². The van der Waals surface area contributed by atoms with Crippen LogP contribution in [0, 0.1) is 0 Å². The number of aromatic nitrogens is 3. The molecule has 2 N–H and O–H groups in total. The zero-order chi connectivity index (χ0) is 15.4. The van der Waals surface area contributed by atoms with Gasteiger partial charge in [-0.25, -0.2) is 0 Å². The number of rotatable bonds is 5. The lowest BCUT2D eigenvalue weighted by Gasteiger charge is -2.03. The van der Waals surface area contributed by atoms with E-state index in [0.717, 1.165) is 16.9 Å². The number of hydrogen-bond acceptors (Lipinski definition) is 6. The average molecular weight is 298 g/mol. The number of aromatic amines is 1. The highest BCUT2D eigenvalue weighted by Crippen LogP contribution is 2.21. The van der Waals surface area contributed by atoms with Gasteiger partial charge in [-0.1, -0.05) is 17.2 Å². The first kappa shape index (κ1) is 13.9. The lowest BCUT2D eigenvalue weighted by atomic mass is 10.1. The van der Waals surface area contributed by atoms with Crippen molar-refractivity contribution in [1.29, 1.82) is 0 Å². The largest absolute Gasteiger partial charge is 0.469 e. The number of methoxy groups -OCH3 is 1. The number of esters is 1. The maximum absolute atomic E-state index is 11.2. The minimum Gasteiger partial charge on any atom is -0.469 e. The molecule has 0 unspecified atom stereocenters. The molecule has 0 saturated heterocycles. The van der Waals surface area contributed by atoms with Crippen molar-refractivity contribution in [2.45, 2.75) is 6.42 Å². The van der Waals surface area contributed by atoms with E-state index >= 15 is 0 Å². The molecule has 0 aliphatic heterocycles. The number of anilines is 2. The van der Waals surface area contributed by atoms with Crippen LogP contribution in [0.15, 0.2) is 47.0 Å². The summed E-state index contributed by atoms with van der Waals surface area (Å²) in [7, 11) is 1.37. The van der Waals surface area contributed by atoms with Crippen LogP contribution < -0.4 is 5.32 Å². The molecule has 112 valence electrons. The van der Waals surface area contributed by atoms with Crippen LogP contribution in [-0.4, -0.2) is 28.3 Å². The monoisotopic (exact) mass is 298 g/mol. The molecule has 0 amide bonds. The van der Waals surface area contributed by atoms with E-state index in [1.54, 1.807) is 6.20 Å². The Morgan fingerprint density at radius 2 is 2.09 bits per heavy atom. The molecule has 0 bridgehead atoms. The van der Waals surface area contributed by atoms with Crippen LogP contribution in [0.1, 0.15) is 5.56 Å². The minimum absolute atomic E-state index is 0.244. The van der Waals surface area contributed by atoms with E-state index in [4.69, 9.17) is 4.42 Å². The standard InChI is InChI=1S/C15H14N4O3/c1-21-13(20)9-10-4-6-11(7-5-10)17-15-19-18-14(22-15)12-3-2-8-16-12/h2-8,16H,9H2,1H3,(H,17,19). The summed E-state index contributed by atoms with van der Waals surface area (Å²) in [5.41, 5.74) is 2.42. The molecule has 2 aromatic heterocycles. The van der Waals surface area contributed by atoms with Gasteiger partial charge in [0.05, 0.1) is 13.5 Å². The van der Waals surface area contributed by atoms with Crippen LogP contribution in [-0.2, 0) is 16.0 Å². The summed E-state index contributed by atoms with van der Waals surface area (Å²) in [4.78, 5) is 14.2. The fraction of sp³-hybridized carbons (Fsp3) is 0.133. The van der Waals surface area contributed by atoms with E-state index in [1.165, 1.54) is 7.11 Å². The van der Waals surface area contributed by atoms with Gasteiger partial charge in [-0.3, -0.25) is 4.79 Å². The van der Waals surface area contributed by atoms with Gasteiger partial charge in [0.1, 0.15) is 5.69 Å². The van der Waals surface area contributed by atoms with Gasteiger partial charge in [-0.2, -0.15) is 0 Å². The first-order valence-corrected chi connectivity index (χ1v) is 6.64. The Bertz CT molecular complexity index is 747. The first-order chi connectivity index (χ1) is 10.7. The van der Waals surface area contributed by atoms with Crippen LogP contribution >= 0.6 is 0 Å². The van der Waals surface area contributed by atoms with Crippen molar-refractivity contribution in [3.63, 3.8) is 0 Å². The Morgan fingerprint density at radius 3 is 2.77 bits per heavy atom. The molecular formula is C15H14N4O3. The van der Waals surface area contributed by atoms with Crippen molar-refractivity contribution >= 4 is 17.7 Å². The lowest BCUT2D eigenvalue weighted by molar-refractivity contribution is -0.139. The molecule has 3 rings (SSSR count). The molecule has 1 aromatic carbocycles. The molecule has 0 radical (unpaired) electrons. The molecule has 0 spiro atoms. The summed E-state index contributed by atoms with van der Waals surface area (Å²) < 4.78 is 10.1. The fourth-order valence-corrected chi connectivity index (χ4v) is 1.91. The second-order valence-corrected chi connectivity index (χ2v) is 4.57. The Labute approximate surface area is 126 Å². The summed E-state index contributed by atoms with van der Waals surface area (Å²) in [5, 5.41) is 10.9. The van der Waals surface area contributed by atoms with Crippen LogP contribution in [0.5, 0.6) is 0 Å². The fourth-order valence-electron chi connectivity index (χ4n) is 1.91. The van der Waals surface area contributed by atoms with Crippen LogP contribution in [0.2, 0.25) is 0 Å². The number of nitrogens with zero attached hydrogens (tertiary/aromatic N) is 2. The molecular weight excluding hydrogens is 284 g/mol. The van der Waals surface area contributed by atoms with Gasteiger partial charge in [0.2, 0.25) is 0 Å². The Hall–Kier alpha value is -3.09. The lowest BCUT2D eigenvalue weighted by Crippen LogP contribution is -2.04. The molecule has 0 aliphatic rings. The summed E-state index contributed by atoms with van der Waals surface area (Å²) in [5.74, 6) is 0.142. The van der Waals surface area contributed by atoms with Crippen molar-refractivity contribution in [3.8, 4) is 11.6 Å². The van der Waals surface area contributed by atoms with Gasteiger partial charge in [0.25, 0.3) is 5.89 Å². The van der Waals surface area contributed by atoms with Gasteiger partial charge in [-0.05, 0) is 29.8 Å². The van der Waals surface area contributed by atoms with Crippen molar-refractivity contribution < 1.29 is 13.9 Å². The Morgan fingerprint density at radius 1 is 1.27 bits per heavy atom. The van der Waals surface area contributed by atoms with Crippen molar-refractivity contribution in [2.75, 3.05) is 12.4 Å². The normalized spacial score (nSPS) is 10.4. The molecule has 3 aromatic rings. The third-order valence-corrected chi connectivity index (χ3v) is 3.03. The van der Waals surface area contributed by atoms with Gasteiger partial charge in [-0.15, -0.1) is 5.10 Å². The molecule has 22 heavy (non-hydrogen) atoms. The smallest absolute Gasteiger partial charge is 0.320 e. The summed E-state index contributed by atoms with van der Waals surface area (Å²) in [6.07, 6.45) is 2.03. The summed E-state index contributed by atoms with van der Waals surface area (Å²) in [6, 6.07) is 11.3. The minimum atomic E-state index is -0.270. The van der Waals surface area contributed by atoms with E-state index in [1.807, 2.05) is 36.4 Å². The summed E-state index contributed by atoms with van der Waals surface area (Å²) in [6.45, 7) is 0. The maximum atomic E-state index is 11.2. The first-order valence-electron chi connectivity index (χ1n) is 6.64. The third kappa shape index (κ3) is 3.14. The zero-order valence-electron chi connectivity index (χ0n) is 11.9. The topological polar surface area (TPSA) is 93.0 Å². The van der Waals surface area contributed by atoms with Gasteiger partial charge >= 0.3 is 12.0 Å². The molecule has 0 fully saturated rings. The number of H-pyrrole nitrogens is 1. The molecule has 2 heterocycles. The zero-order valence-corrected chi connectivity index (χ0v) is 11.9. The highest BCUT2D eigenvalue weighted by Gasteiger charge is 2.09. The van der Waals surface area contributed by atoms with E-state index in [-0.39, 0.29) is 12.4 Å². The maximum Gasteiger partial charge on any atom is 0.320 e. The average Bonchev–Trinajstić information content (AvgIpc) is 3.20. The van der Waals surface area contributed by atoms with Gasteiger partial charge in [0.15, 0.2) is 0 Å². The molecule has 7 heteroatoms. The highest BCUT2D eigenvalue weighted by molar-refractivity contribution is 5.72. The molecule has 0 atom stereocenters. The van der Waals surface area contributed by atoms with Gasteiger partial charge in [0, 0.05) is 11.9 Å². The van der Waals surface area contributed by atoms with Crippen LogP contribution in [0.4, 0.5) is 11.7 Å². The third-order valence-electron chi connectivity index (χ3n) is 3.03. The second kappa shape index (κ2) is 6.13. The highest BCUT2D eigenvalue weighted by atomic mass is 16.5. The predicted molar refractivity (Wildman–Crippen MR) is 79.5 cm³/mol. The molecule has 0 saturated carbocycles. The second-order valence-electron chi connectivity index (χ2n) is 4.57. The quantitative estimate of drug-likeness (QED) is 0.703.